The SMILES string of the molecule is [C-]#[N+]c1ccc2c(c1)c1cc(-c3cc4ccccc4c4c3oc3ccc5ccccc5c34)ccc1n2-c1ccc2ccccc2c1. The minimum atomic E-state index is 0.632. The predicted octanol–water partition coefficient (Wildman–Crippen LogP) is 12.4. The van der Waals surface area contributed by atoms with Crippen LogP contribution in [0.15, 0.2) is 150 Å². The van der Waals surface area contributed by atoms with Crippen LogP contribution in [-0.4, -0.2) is 4.57 Å². The third kappa shape index (κ3) is 3.47. The van der Waals surface area contributed by atoms with E-state index in [0.29, 0.717) is 5.69 Å². The van der Waals surface area contributed by atoms with Gasteiger partial charge in [0.2, 0.25) is 0 Å². The molecule has 0 aliphatic rings. The second-order valence-electron chi connectivity index (χ2n) is 12.0. The first-order valence-corrected chi connectivity index (χ1v) is 15.5. The van der Waals surface area contributed by atoms with E-state index >= 15 is 0 Å². The molecule has 0 radical (unpaired) electrons. The first-order chi connectivity index (χ1) is 22.7. The van der Waals surface area contributed by atoms with Gasteiger partial charge in [0.05, 0.1) is 17.6 Å². The molecule has 0 aliphatic heterocycles. The molecule has 0 amide bonds. The maximum atomic E-state index is 7.75. The van der Waals surface area contributed by atoms with E-state index in [2.05, 4.69) is 143 Å². The predicted molar refractivity (Wildman–Crippen MR) is 192 cm³/mol. The number of nitrogens with zero attached hydrogens (tertiary/aromatic N) is 2. The van der Waals surface area contributed by atoms with Gasteiger partial charge >= 0.3 is 0 Å². The molecule has 10 aromatic rings. The molecule has 10 rings (SSSR count). The topological polar surface area (TPSA) is 22.4 Å². The van der Waals surface area contributed by atoms with E-state index in [4.69, 9.17) is 11.0 Å². The van der Waals surface area contributed by atoms with Crippen molar-refractivity contribution < 1.29 is 4.42 Å². The van der Waals surface area contributed by atoms with E-state index in [9.17, 15) is 0 Å². The van der Waals surface area contributed by atoms with Crippen LogP contribution in [0.3, 0.4) is 0 Å². The summed E-state index contributed by atoms with van der Waals surface area (Å²) in [5.41, 5.74) is 7.83. The van der Waals surface area contributed by atoms with Crippen LogP contribution in [-0.2, 0) is 0 Å². The largest absolute Gasteiger partial charge is 0.455 e. The lowest BCUT2D eigenvalue weighted by atomic mass is 9.94. The summed E-state index contributed by atoms with van der Waals surface area (Å²) in [6, 6.07) is 51.4. The van der Waals surface area contributed by atoms with Gasteiger partial charge < -0.3 is 8.98 Å². The highest BCUT2D eigenvalue weighted by Gasteiger charge is 2.20. The lowest BCUT2D eigenvalue weighted by molar-refractivity contribution is 0.670. The Bertz CT molecular complexity index is 2930. The van der Waals surface area contributed by atoms with Crippen molar-refractivity contribution in [2.24, 2.45) is 0 Å². The Morgan fingerprint density at radius 1 is 0.500 bits per heavy atom. The average Bonchev–Trinajstić information content (AvgIpc) is 3.67. The molecular formula is C43H24N2O. The maximum Gasteiger partial charge on any atom is 0.188 e. The highest BCUT2D eigenvalue weighted by molar-refractivity contribution is 6.29. The van der Waals surface area contributed by atoms with Crippen LogP contribution < -0.4 is 0 Å². The standard InChI is InChI=1S/C43H24N2O/c1-44-31-17-20-39-37(25-31)36-24-30(15-19-38(36)45(39)32-18-14-26-8-2-3-10-28(26)22-32)35-23-29-11-5-7-13-34(29)42-41-33-12-6-4-9-27(33)16-21-40(41)46-43(35)42/h2-25H. The van der Waals surface area contributed by atoms with Crippen molar-refractivity contribution in [3.63, 3.8) is 0 Å². The van der Waals surface area contributed by atoms with E-state index in [0.717, 1.165) is 60.6 Å². The molecule has 0 bridgehead atoms. The van der Waals surface area contributed by atoms with Crippen LogP contribution >= 0.6 is 0 Å². The Morgan fingerprint density at radius 3 is 2.00 bits per heavy atom. The Labute approximate surface area is 263 Å². The molecular weight excluding hydrogens is 560 g/mol. The van der Waals surface area contributed by atoms with Crippen LogP contribution in [0, 0.1) is 6.57 Å². The molecule has 0 saturated heterocycles. The van der Waals surface area contributed by atoms with Crippen LogP contribution in [0.1, 0.15) is 0 Å². The number of aromatic nitrogens is 1. The van der Waals surface area contributed by atoms with Crippen molar-refractivity contribution in [3.8, 4) is 16.8 Å². The lowest BCUT2D eigenvalue weighted by Crippen LogP contribution is -1.93. The van der Waals surface area contributed by atoms with Gasteiger partial charge in [-0.2, -0.15) is 0 Å². The Hall–Kier alpha value is -6.37. The smallest absolute Gasteiger partial charge is 0.188 e. The molecule has 0 unspecified atom stereocenters. The minimum absolute atomic E-state index is 0.632. The summed E-state index contributed by atoms with van der Waals surface area (Å²) in [7, 11) is 0. The summed E-state index contributed by atoms with van der Waals surface area (Å²) < 4.78 is 9.08. The summed E-state index contributed by atoms with van der Waals surface area (Å²) in [6.45, 7) is 7.75. The molecule has 0 saturated carbocycles. The van der Waals surface area contributed by atoms with Crippen molar-refractivity contribution in [1.29, 1.82) is 0 Å². The second-order valence-corrected chi connectivity index (χ2v) is 12.0. The second kappa shape index (κ2) is 9.32. The normalized spacial score (nSPS) is 11.9. The quantitative estimate of drug-likeness (QED) is 0.185. The van der Waals surface area contributed by atoms with E-state index in [1.165, 1.54) is 32.3 Å². The fraction of sp³-hybridized carbons (Fsp3) is 0. The van der Waals surface area contributed by atoms with E-state index < -0.39 is 0 Å². The minimum Gasteiger partial charge on any atom is -0.455 e. The molecule has 3 nitrogen and oxygen atoms in total. The van der Waals surface area contributed by atoms with Crippen LogP contribution in [0.2, 0.25) is 0 Å². The lowest BCUT2D eigenvalue weighted by Gasteiger charge is -2.10. The average molecular weight is 585 g/mol. The van der Waals surface area contributed by atoms with E-state index in [-0.39, 0.29) is 0 Å². The first-order valence-electron chi connectivity index (χ1n) is 15.5. The summed E-state index contributed by atoms with van der Waals surface area (Å²) in [5, 5.41) is 11.6. The Balaban J connectivity index is 1.30. The fourth-order valence-corrected chi connectivity index (χ4v) is 7.44. The van der Waals surface area contributed by atoms with Gasteiger partial charge in [-0.3, -0.25) is 0 Å². The van der Waals surface area contributed by atoms with Crippen molar-refractivity contribution in [2.45, 2.75) is 0 Å². The van der Waals surface area contributed by atoms with E-state index in [1.54, 1.807) is 0 Å². The van der Waals surface area contributed by atoms with Gasteiger partial charge in [-0.05, 0) is 91.8 Å². The van der Waals surface area contributed by atoms with Crippen LogP contribution in [0.25, 0.3) is 97.7 Å². The van der Waals surface area contributed by atoms with Crippen molar-refractivity contribution in [2.75, 3.05) is 0 Å². The number of hydrogen-bond acceptors (Lipinski definition) is 1. The zero-order valence-electron chi connectivity index (χ0n) is 24.7. The zero-order valence-corrected chi connectivity index (χ0v) is 24.7. The van der Waals surface area contributed by atoms with E-state index in [1.807, 2.05) is 12.1 Å². The summed E-state index contributed by atoms with van der Waals surface area (Å²) in [5.74, 6) is 0. The first kappa shape index (κ1) is 25.0. The third-order valence-corrected chi connectivity index (χ3v) is 9.53. The Kier molecular flexibility index (Phi) is 5.06. The molecule has 212 valence electrons. The van der Waals surface area contributed by atoms with Gasteiger partial charge in [-0.25, -0.2) is 4.85 Å². The Morgan fingerprint density at radius 2 is 1.17 bits per heavy atom. The molecule has 2 aromatic heterocycles. The molecule has 0 fully saturated rings. The van der Waals surface area contributed by atoms with Crippen LogP contribution in [0.5, 0.6) is 0 Å². The number of hydrogen-bond donors (Lipinski definition) is 0. The van der Waals surface area contributed by atoms with Gasteiger partial charge in [0.1, 0.15) is 11.2 Å². The molecule has 0 aliphatic carbocycles. The summed E-state index contributed by atoms with van der Waals surface area (Å²) in [4.78, 5) is 3.78. The molecule has 8 aromatic carbocycles. The maximum absolute atomic E-state index is 7.75. The van der Waals surface area contributed by atoms with Gasteiger partial charge in [0.25, 0.3) is 0 Å². The highest BCUT2D eigenvalue weighted by Crippen LogP contribution is 2.45. The van der Waals surface area contributed by atoms with Crippen molar-refractivity contribution in [1.82, 2.24) is 4.57 Å². The van der Waals surface area contributed by atoms with Gasteiger partial charge in [-0.1, -0.05) is 97.1 Å². The summed E-state index contributed by atoms with van der Waals surface area (Å²) in [6.07, 6.45) is 0. The number of fused-ring (bicyclic) bond motifs is 11. The molecule has 46 heavy (non-hydrogen) atoms. The highest BCUT2D eigenvalue weighted by atomic mass is 16.3. The van der Waals surface area contributed by atoms with Crippen LogP contribution in [0.4, 0.5) is 5.69 Å². The zero-order chi connectivity index (χ0) is 30.4. The number of rotatable bonds is 2. The van der Waals surface area contributed by atoms with Gasteiger partial charge in [0.15, 0.2) is 5.69 Å². The molecule has 0 spiro atoms. The van der Waals surface area contributed by atoms with Crippen molar-refractivity contribution >= 4 is 81.7 Å². The third-order valence-electron chi connectivity index (χ3n) is 9.53. The molecule has 0 N–H and O–H groups in total. The number of furan rings is 1. The van der Waals surface area contributed by atoms with Gasteiger partial charge in [0, 0.05) is 27.4 Å². The van der Waals surface area contributed by atoms with Crippen molar-refractivity contribution in [3.05, 3.63) is 157 Å². The summed E-state index contributed by atoms with van der Waals surface area (Å²) >= 11 is 0. The number of benzene rings is 8. The fourth-order valence-electron chi connectivity index (χ4n) is 7.44. The molecule has 3 heteroatoms. The molecule has 2 heterocycles. The molecule has 0 atom stereocenters. The monoisotopic (exact) mass is 584 g/mol. The van der Waals surface area contributed by atoms with Gasteiger partial charge in [-0.15, -0.1) is 0 Å².